The predicted molar refractivity (Wildman–Crippen MR) is 64.5 cm³/mol. The highest BCUT2D eigenvalue weighted by Gasteiger charge is 2.44. The molecule has 0 bridgehead atoms. The molecule has 3 heteroatoms. The molecule has 3 aliphatic rings. The summed E-state index contributed by atoms with van der Waals surface area (Å²) in [6.45, 7) is 8.05. The van der Waals surface area contributed by atoms with Gasteiger partial charge in [0.1, 0.15) is 0 Å². The molecule has 16 heavy (non-hydrogen) atoms. The Morgan fingerprint density at radius 2 is 1.81 bits per heavy atom. The minimum absolute atomic E-state index is 0.752. The van der Waals surface area contributed by atoms with Crippen LogP contribution in [-0.2, 0) is 4.74 Å². The number of piperidine rings is 1. The molecule has 1 N–H and O–H groups in total. The fourth-order valence-corrected chi connectivity index (χ4v) is 3.81. The number of nitrogens with one attached hydrogen (secondary N) is 1. The van der Waals surface area contributed by atoms with E-state index in [0.717, 1.165) is 37.6 Å². The summed E-state index contributed by atoms with van der Waals surface area (Å²) >= 11 is 0. The quantitative estimate of drug-likeness (QED) is 0.760. The van der Waals surface area contributed by atoms with Crippen LogP contribution in [-0.4, -0.2) is 50.8 Å². The molecule has 0 aromatic heterocycles. The van der Waals surface area contributed by atoms with Crippen LogP contribution in [0.15, 0.2) is 0 Å². The fraction of sp³-hybridized carbons (Fsp3) is 1.00. The van der Waals surface area contributed by atoms with Gasteiger partial charge >= 0.3 is 0 Å². The predicted octanol–water partition coefficient (Wildman–Crippen LogP) is 1.10. The molecule has 0 unspecified atom stereocenters. The highest BCUT2D eigenvalue weighted by atomic mass is 16.5. The normalized spacial score (nSPS) is 31.5. The molecule has 92 valence electrons. The van der Waals surface area contributed by atoms with Crippen LogP contribution in [0.25, 0.3) is 0 Å². The van der Waals surface area contributed by atoms with Crippen molar-refractivity contribution < 1.29 is 4.74 Å². The molecule has 0 aromatic carbocycles. The first-order valence-corrected chi connectivity index (χ1v) is 6.87. The van der Waals surface area contributed by atoms with Gasteiger partial charge in [-0.25, -0.2) is 0 Å². The maximum absolute atomic E-state index is 5.39. The van der Waals surface area contributed by atoms with E-state index < -0.39 is 0 Å². The highest BCUT2D eigenvalue weighted by Crippen LogP contribution is 2.51. The van der Waals surface area contributed by atoms with Crippen LogP contribution in [0.3, 0.4) is 0 Å². The average molecular weight is 224 g/mol. The van der Waals surface area contributed by atoms with Gasteiger partial charge in [0, 0.05) is 19.6 Å². The topological polar surface area (TPSA) is 24.5 Å². The zero-order chi connectivity index (χ0) is 10.8. The van der Waals surface area contributed by atoms with Gasteiger partial charge in [-0.2, -0.15) is 0 Å². The molecule has 2 aliphatic heterocycles. The molecule has 1 spiro atoms. The summed E-state index contributed by atoms with van der Waals surface area (Å²) < 4.78 is 5.39. The SMILES string of the molecule is C1CC2(CCN1)CC(CN1CCOCC1)C2. The number of rotatable bonds is 2. The van der Waals surface area contributed by atoms with Crippen LogP contribution in [0.2, 0.25) is 0 Å². The van der Waals surface area contributed by atoms with E-state index in [0.29, 0.717) is 0 Å². The summed E-state index contributed by atoms with van der Waals surface area (Å²) in [4.78, 5) is 2.60. The molecule has 0 amide bonds. The first-order chi connectivity index (χ1) is 7.86. The maximum Gasteiger partial charge on any atom is 0.0594 e. The van der Waals surface area contributed by atoms with Gasteiger partial charge < -0.3 is 10.1 Å². The molecule has 0 atom stereocenters. The van der Waals surface area contributed by atoms with Gasteiger partial charge in [-0.05, 0) is 50.1 Å². The van der Waals surface area contributed by atoms with Crippen molar-refractivity contribution in [3.63, 3.8) is 0 Å². The lowest BCUT2D eigenvalue weighted by atomic mass is 9.57. The van der Waals surface area contributed by atoms with Crippen LogP contribution < -0.4 is 5.32 Å². The molecule has 1 aliphatic carbocycles. The summed E-state index contributed by atoms with van der Waals surface area (Å²) in [6.07, 6.45) is 5.83. The second-order valence-electron chi connectivity index (χ2n) is 5.94. The lowest BCUT2D eigenvalue weighted by molar-refractivity contribution is -0.0228. The van der Waals surface area contributed by atoms with E-state index >= 15 is 0 Å². The van der Waals surface area contributed by atoms with Gasteiger partial charge in [0.15, 0.2) is 0 Å². The van der Waals surface area contributed by atoms with Crippen LogP contribution in [0.4, 0.5) is 0 Å². The van der Waals surface area contributed by atoms with Crippen molar-refractivity contribution in [1.82, 2.24) is 10.2 Å². The molecule has 2 saturated heterocycles. The second-order valence-corrected chi connectivity index (χ2v) is 5.94. The Hall–Kier alpha value is -0.120. The van der Waals surface area contributed by atoms with Crippen molar-refractivity contribution in [2.75, 3.05) is 45.9 Å². The first-order valence-electron chi connectivity index (χ1n) is 6.87. The smallest absolute Gasteiger partial charge is 0.0594 e. The number of morpholine rings is 1. The van der Waals surface area contributed by atoms with Crippen LogP contribution in [0.5, 0.6) is 0 Å². The second kappa shape index (κ2) is 4.63. The van der Waals surface area contributed by atoms with Crippen molar-refractivity contribution in [2.24, 2.45) is 11.3 Å². The molecule has 3 fully saturated rings. The van der Waals surface area contributed by atoms with E-state index in [2.05, 4.69) is 10.2 Å². The summed E-state index contributed by atoms with van der Waals surface area (Å²) in [5, 5.41) is 3.48. The molecule has 2 heterocycles. The highest BCUT2D eigenvalue weighted by molar-refractivity contribution is 4.97. The van der Waals surface area contributed by atoms with E-state index in [-0.39, 0.29) is 0 Å². The molecule has 0 radical (unpaired) electrons. The van der Waals surface area contributed by atoms with Gasteiger partial charge in [0.25, 0.3) is 0 Å². The summed E-state index contributed by atoms with van der Waals surface area (Å²) in [5.41, 5.74) is 0.752. The molecular weight excluding hydrogens is 200 g/mol. The molecule has 1 saturated carbocycles. The van der Waals surface area contributed by atoms with Crippen LogP contribution in [0.1, 0.15) is 25.7 Å². The van der Waals surface area contributed by atoms with Crippen molar-refractivity contribution in [1.29, 1.82) is 0 Å². The third kappa shape index (κ3) is 2.27. The molecule has 0 aromatic rings. The Morgan fingerprint density at radius 3 is 2.50 bits per heavy atom. The Labute approximate surface area is 98.5 Å². The Morgan fingerprint density at radius 1 is 1.12 bits per heavy atom. The molecule has 3 nitrogen and oxygen atoms in total. The molecular formula is C13H24N2O. The maximum atomic E-state index is 5.39. The first kappa shape index (κ1) is 11.0. The number of hydrogen-bond donors (Lipinski definition) is 1. The summed E-state index contributed by atoms with van der Waals surface area (Å²) in [5.74, 6) is 0.983. The number of ether oxygens (including phenoxy) is 1. The van der Waals surface area contributed by atoms with Crippen LogP contribution >= 0.6 is 0 Å². The third-order valence-electron chi connectivity index (χ3n) is 4.73. The lowest BCUT2D eigenvalue weighted by Crippen LogP contribution is -2.50. The van der Waals surface area contributed by atoms with E-state index in [1.54, 1.807) is 0 Å². The van der Waals surface area contributed by atoms with Gasteiger partial charge in [-0.3, -0.25) is 4.90 Å². The van der Waals surface area contributed by atoms with Crippen molar-refractivity contribution >= 4 is 0 Å². The van der Waals surface area contributed by atoms with E-state index in [9.17, 15) is 0 Å². The zero-order valence-electron chi connectivity index (χ0n) is 10.2. The van der Waals surface area contributed by atoms with E-state index in [1.165, 1.54) is 45.3 Å². The Bertz CT molecular complexity index is 221. The van der Waals surface area contributed by atoms with Crippen LogP contribution in [0, 0.1) is 11.3 Å². The Kier molecular flexibility index (Phi) is 3.18. The van der Waals surface area contributed by atoms with E-state index in [4.69, 9.17) is 4.74 Å². The van der Waals surface area contributed by atoms with E-state index in [1.807, 2.05) is 0 Å². The summed E-state index contributed by atoms with van der Waals surface area (Å²) in [7, 11) is 0. The van der Waals surface area contributed by atoms with Gasteiger partial charge in [-0.15, -0.1) is 0 Å². The van der Waals surface area contributed by atoms with Gasteiger partial charge in [0.2, 0.25) is 0 Å². The standard InChI is InChI=1S/C13H24N2O/c1-3-14-4-2-13(1)9-12(10-13)11-15-5-7-16-8-6-15/h12,14H,1-11H2. The summed E-state index contributed by atoms with van der Waals surface area (Å²) in [6, 6.07) is 0. The monoisotopic (exact) mass is 224 g/mol. The van der Waals surface area contributed by atoms with Crippen molar-refractivity contribution in [3.8, 4) is 0 Å². The third-order valence-corrected chi connectivity index (χ3v) is 4.73. The minimum atomic E-state index is 0.752. The molecule has 3 rings (SSSR count). The Balaban J connectivity index is 1.42. The number of hydrogen-bond acceptors (Lipinski definition) is 3. The van der Waals surface area contributed by atoms with Gasteiger partial charge in [0.05, 0.1) is 13.2 Å². The lowest BCUT2D eigenvalue weighted by Gasteiger charge is -2.51. The zero-order valence-corrected chi connectivity index (χ0v) is 10.2. The minimum Gasteiger partial charge on any atom is -0.379 e. The average Bonchev–Trinajstić information content (AvgIpc) is 2.30. The largest absolute Gasteiger partial charge is 0.379 e. The van der Waals surface area contributed by atoms with Crippen molar-refractivity contribution in [3.05, 3.63) is 0 Å². The fourth-order valence-electron chi connectivity index (χ4n) is 3.81. The van der Waals surface area contributed by atoms with Gasteiger partial charge in [-0.1, -0.05) is 0 Å². The van der Waals surface area contributed by atoms with Crippen molar-refractivity contribution in [2.45, 2.75) is 25.7 Å². The number of nitrogens with zero attached hydrogens (tertiary/aromatic N) is 1.